The fourth-order valence-electron chi connectivity index (χ4n) is 2.70. The fraction of sp³-hybridized carbons (Fsp3) is 0.556. The summed E-state index contributed by atoms with van der Waals surface area (Å²) < 4.78 is 32.4. The van der Waals surface area contributed by atoms with Gasteiger partial charge in [0, 0.05) is 37.0 Å². The van der Waals surface area contributed by atoms with Crippen LogP contribution in [0.25, 0.3) is 0 Å². The van der Waals surface area contributed by atoms with Gasteiger partial charge in [-0.2, -0.15) is 4.31 Å². The molecule has 1 N–H and O–H groups in total. The van der Waals surface area contributed by atoms with Crippen molar-refractivity contribution in [2.45, 2.75) is 30.6 Å². The molecule has 0 saturated carbocycles. The highest BCUT2D eigenvalue weighted by Crippen LogP contribution is 2.30. The molecule has 1 aromatic rings. The zero-order chi connectivity index (χ0) is 20.9. The summed E-state index contributed by atoms with van der Waals surface area (Å²) in [5.74, 6) is -0.390. The van der Waals surface area contributed by atoms with Crippen LogP contribution in [0.2, 0.25) is 0 Å². The molecule has 28 heavy (non-hydrogen) atoms. The van der Waals surface area contributed by atoms with Crippen molar-refractivity contribution in [2.24, 2.45) is 5.92 Å². The Bertz CT molecular complexity index is 819. The molecule has 0 bridgehead atoms. The standard InChI is InChI=1S/C18H27N3O5S2/c1-5-26-18(23)20-8-10-21(11-9-20)28(24,25)14-6-7-16(27-4)15(12-14)19-17(22)13(2)3/h6-7,12-13H,5,8-11H2,1-4H3,(H,19,22). The first-order chi connectivity index (χ1) is 13.2. The van der Waals surface area contributed by atoms with Crippen LogP contribution in [0.1, 0.15) is 20.8 Å². The smallest absolute Gasteiger partial charge is 0.409 e. The predicted octanol–water partition coefficient (Wildman–Crippen LogP) is 2.47. The summed E-state index contributed by atoms with van der Waals surface area (Å²) in [6, 6.07) is 4.74. The van der Waals surface area contributed by atoms with Crippen molar-refractivity contribution < 1.29 is 22.7 Å². The molecule has 0 unspecified atom stereocenters. The molecule has 0 spiro atoms. The van der Waals surface area contributed by atoms with E-state index in [1.807, 2.05) is 6.26 Å². The number of nitrogens with zero attached hydrogens (tertiary/aromatic N) is 2. The number of sulfonamides is 1. The Morgan fingerprint density at radius 3 is 2.39 bits per heavy atom. The Labute approximate surface area is 170 Å². The first-order valence-corrected chi connectivity index (χ1v) is 11.8. The minimum atomic E-state index is -3.73. The third-order valence-electron chi connectivity index (χ3n) is 4.36. The van der Waals surface area contributed by atoms with Gasteiger partial charge in [-0.25, -0.2) is 13.2 Å². The molecule has 0 atom stereocenters. The molecule has 0 radical (unpaired) electrons. The van der Waals surface area contributed by atoms with Gasteiger partial charge in [0.15, 0.2) is 0 Å². The van der Waals surface area contributed by atoms with Gasteiger partial charge in [-0.15, -0.1) is 11.8 Å². The van der Waals surface area contributed by atoms with Crippen LogP contribution >= 0.6 is 11.8 Å². The predicted molar refractivity (Wildman–Crippen MR) is 109 cm³/mol. The van der Waals surface area contributed by atoms with Crippen molar-refractivity contribution in [2.75, 3.05) is 44.4 Å². The SMILES string of the molecule is CCOC(=O)N1CCN(S(=O)(=O)c2ccc(SC)c(NC(=O)C(C)C)c2)CC1. The van der Waals surface area contributed by atoms with E-state index in [0.29, 0.717) is 5.69 Å². The zero-order valence-corrected chi connectivity index (χ0v) is 18.2. The molecule has 1 saturated heterocycles. The second kappa shape index (κ2) is 9.62. The second-order valence-corrected chi connectivity index (χ2v) is 9.38. The van der Waals surface area contributed by atoms with Gasteiger partial charge >= 0.3 is 6.09 Å². The molecule has 156 valence electrons. The molecule has 2 amide bonds. The lowest BCUT2D eigenvalue weighted by Crippen LogP contribution is -2.50. The van der Waals surface area contributed by atoms with Gasteiger partial charge in [0.25, 0.3) is 0 Å². The minimum Gasteiger partial charge on any atom is -0.450 e. The maximum absolute atomic E-state index is 13.0. The van der Waals surface area contributed by atoms with E-state index in [2.05, 4.69) is 5.32 Å². The molecule has 1 aliphatic rings. The van der Waals surface area contributed by atoms with Gasteiger partial charge in [-0.05, 0) is 31.4 Å². The molecule has 2 rings (SSSR count). The lowest BCUT2D eigenvalue weighted by Gasteiger charge is -2.33. The van der Waals surface area contributed by atoms with Crippen LogP contribution in [0.5, 0.6) is 0 Å². The van der Waals surface area contributed by atoms with E-state index < -0.39 is 16.1 Å². The maximum atomic E-state index is 13.0. The summed E-state index contributed by atoms with van der Waals surface area (Å²) in [6.07, 6.45) is 1.44. The Morgan fingerprint density at radius 1 is 1.21 bits per heavy atom. The third-order valence-corrected chi connectivity index (χ3v) is 7.05. The normalized spacial score (nSPS) is 15.5. The number of nitrogens with one attached hydrogen (secondary N) is 1. The largest absolute Gasteiger partial charge is 0.450 e. The number of ether oxygens (including phenoxy) is 1. The van der Waals surface area contributed by atoms with E-state index in [1.54, 1.807) is 32.9 Å². The Morgan fingerprint density at radius 2 is 1.86 bits per heavy atom. The molecule has 8 nitrogen and oxygen atoms in total. The van der Waals surface area contributed by atoms with E-state index in [1.165, 1.54) is 27.0 Å². The number of anilines is 1. The van der Waals surface area contributed by atoms with E-state index in [-0.39, 0.29) is 49.5 Å². The molecule has 1 aromatic carbocycles. The molecule has 0 aromatic heterocycles. The van der Waals surface area contributed by atoms with Gasteiger partial charge in [0.1, 0.15) is 0 Å². The van der Waals surface area contributed by atoms with Gasteiger partial charge in [-0.1, -0.05) is 13.8 Å². The number of carbonyl (C=O) groups is 2. The van der Waals surface area contributed by atoms with Crippen molar-refractivity contribution >= 4 is 39.5 Å². The number of amides is 2. The lowest BCUT2D eigenvalue weighted by atomic mass is 10.2. The van der Waals surface area contributed by atoms with Crippen molar-refractivity contribution in [1.29, 1.82) is 0 Å². The summed E-state index contributed by atoms with van der Waals surface area (Å²) >= 11 is 1.43. The van der Waals surface area contributed by atoms with Crippen LogP contribution in [0.4, 0.5) is 10.5 Å². The van der Waals surface area contributed by atoms with Crippen molar-refractivity contribution in [3.05, 3.63) is 18.2 Å². The highest BCUT2D eigenvalue weighted by atomic mass is 32.2. The number of rotatable bonds is 6. The van der Waals surface area contributed by atoms with E-state index in [0.717, 1.165) is 4.90 Å². The average Bonchev–Trinajstić information content (AvgIpc) is 2.68. The highest BCUT2D eigenvalue weighted by molar-refractivity contribution is 7.98. The first-order valence-electron chi connectivity index (χ1n) is 9.11. The van der Waals surface area contributed by atoms with Crippen LogP contribution in [-0.2, 0) is 19.6 Å². The number of carbonyl (C=O) groups excluding carboxylic acids is 2. The number of hydrogen-bond donors (Lipinski definition) is 1. The Hall–Kier alpha value is -1.78. The van der Waals surface area contributed by atoms with Crippen molar-refractivity contribution in [1.82, 2.24) is 9.21 Å². The summed E-state index contributed by atoms with van der Waals surface area (Å²) in [7, 11) is -3.73. The fourth-order valence-corrected chi connectivity index (χ4v) is 4.68. The summed E-state index contributed by atoms with van der Waals surface area (Å²) in [5.41, 5.74) is 0.484. The van der Waals surface area contributed by atoms with E-state index in [9.17, 15) is 18.0 Å². The van der Waals surface area contributed by atoms with Crippen LogP contribution in [-0.4, -0.2) is 68.7 Å². The number of piperazine rings is 1. The first kappa shape index (κ1) is 22.5. The molecular weight excluding hydrogens is 402 g/mol. The van der Waals surface area contributed by atoms with Crippen LogP contribution in [0.15, 0.2) is 28.0 Å². The van der Waals surface area contributed by atoms with Crippen LogP contribution in [0.3, 0.4) is 0 Å². The summed E-state index contributed by atoms with van der Waals surface area (Å²) in [5, 5.41) is 2.80. The lowest BCUT2D eigenvalue weighted by molar-refractivity contribution is -0.118. The van der Waals surface area contributed by atoms with Gasteiger partial charge in [0.05, 0.1) is 17.2 Å². The third kappa shape index (κ3) is 5.18. The van der Waals surface area contributed by atoms with Gasteiger partial charge in [0.2, 0.25) is 15.9 Å². The summed E-state index contributed by atoms with van der Waals surface area (Å²) in [4.78, 5) is 26.3. The Kier molecular flexibility index (Phi) is 7.73. The molecule has 10 heteroatoms. The quantitative estimate of drug-likeness (QED) is 0.698. The topological polar surface area (TPSA) is 96.0 Å². The van der Waals surface area contributed by atoms with Crippen LogP contribution in [0, 0.1) is 5.92 Å². The number of benzene rings is 1. The van der Waals surface area contributed by atoms with E-state index >= 15 is 0 Å². The molecule has 1 aliphatic heterocycles. The maximum Gasteiger partial charge on any atom is 0.409 e. The van der Waals surface area contributed by atoms with Crippen molar-refractivity contribution in [3.8, 4) is 0 Å². The highest BCUT2D eigenvalue weighted by Gasteiger charge is 2.31. The molecule has 1 fully saturated rings. The van der Waals surface area contributed by atoms with E-state index in [4.69, 9.17) is 4.74 Å². The monoisotopic (exact) mass is 429 g/mol. The minimum absolute atomic E-state index is 0.119. The summed E-state index contributed by atoms with van der Waals surface area (Å²) in [6.45, 7) is 6.50. The molecular formula is C18H27N3O5S2. The van der Waals surface area contributed by atoms with Crippen molar-refractivity contribution in [3.63, 3.8) is 0 Å². The molecule has 1 heterocycles. The second-order valence-electron chi connectivity index (χ2n) is 6.60. The average molecular weight is 430 g/mol. The Balaban J connectivity index is 2.19. The zero-order valence-electron chi connectivity index (χ0n) is 16.6. The van der Waals surface area contributed by atoms with Gasteiger partial charge < -0.3 is 15.0 Å². The number of thioether (sulfide) groups is 1. The number of hydrogen-bond acceptors (Lipinski definition) is 6. The van der Waals surface area contributed by atoms with Gasteiger partial charge in [-0.3, -0.25) is 4.79 Å². The molecule has 0 aliphatic carbocycles. The van der Waals surface area contributed by atoms with Crippen LogP contribution < -0.4 is 5.32 Å².